The molecule has 1 saturated heterocycles. The zero-order valence-corrected chi connectivity index (χ0v) is 11.6. The van der Waals surface area contributed by atoms with E-state index in [9.17, 15) is 4.39 Å². The van der Waals surface area contributed by atoms with Crippen LogP contribution >= 0.6 is 12.4 Å². The van der Waals surface area contributed by atoms with Crippen LogP contribution in [-0.2, 0) is 0 Å². The molecule has 3 nitrogen and oxygen atoms in total. The molecule has 0 amide bonds. The molecule has 0 aliphatic carbocycles. The van der Waals surface area contributed by atoms with E-state index in [2.05, 4.69) is 10.2 Å². The average molecular weight is 275 g/mol. The van der Waals surface area contributed by atoms with Gasteiger partial charge in [0.1, 0.15) is 0 Å². The molecule has 0 spiro atoms. The lowest BCUT2D eigenvalue weighted by Crippen LogP contribution is -2.44. The zero-order chi connectivity index (χ0) is 12.3. The number of nitrogens with one attached hydrogen (secondary N) is 1. The molecule has 2 rings (SSSR count). The molecule has 0 aromatic heterocycles. The van der Waals surface area contributed by atoms with E-state index in [0.29, 0.717) is 11.3 Å². The standard InChI is InChI=1S/C13H19FN2O.ClH/c1-10(16-8-6-15-7-9-16)11-4-3-5-12(17-2)13(11)14;/h3-5,10,15H,6-9H2,1-2H3;1H/t10-;/m1./s1. The number of ether oxygens (including phenoxy) is 1. The van der Waals surface area contributed by atoms with Crippen molar-refractivity contribution in [2.24, 2.45) is 0 Å². The Morgan fingerprint density at radius 3 is 2.61 bits per heavy atom. The largest absolute Gasteiger partial charge is 0.494 e. The quantitative estimate of drug-likeness (QED) is 0.915. The number of piperazine rings is 1. The van der Waals surface area contributed by atoms with Crippen molar-refractivity contribution in [1.82, 2.24) is 10.2 Å². The predicted octanol–water partition coefficient (Wildman–Crippen LogP) is 2.22. The fourth-order valence-corrected chi connectivity index (χ4v) is 2.27. The van der Waals surface area contributed by atoms with Crippen molar-refractivity contribution >= 4 is 12.4 Å². The van der Waals surface area contributed by atoms with E-state index in [-0.39, 0.29) is 24.3 Å². The Bertz CT molecular complexity index is 383. The topological polar surface area (TPSA) is 24.5 Å². The average Bonchev–Trinajstić information content (AvgIpc) is 2.39. The summed E-state index contributed by atoms with van der Waals surface area (Å²) < 4.78 is 19.1. The van der Waals surface area contributed by atoms with E-state index in [1.165, 1.54) is 7.11 Å². The Balaban J connectivity index is 0.00000162. The first-order valence-corrected chi connectivity index (χ1v) is 6.01. The third kappa shape index (κ3) is 3.13. The number of nitrogens with zero attached hydrogens (tertiary/aromatic N) is 1. The number of methoxy groups -OCH3 is 1. The Morgan fingerprint density at radius 1 is 1.33 bits per heavy atom. The summed E-state index contributed by atoms with van der Waals surface area (Å²) in [6, 6.07) is 5.43. The van der Waals surface area contributed by atoms with Gasteiger partial charge in [-0.15, -0.1) is 12.4 Å². The molecular weight excluding hydrogens is 255 g/mol. The van der Waals surface area contributed by atoms with Crippen LogP contribution in [-0.4, -0.2) is 38.2 Å². The lowest BCUT2D eigenvalue weighted by atomic mass is 10.1. The summed E-state index contributed by atoms with van der Waals surface area (Å²) in [6.45, 7) is 5.89. The van der Waals surface area contributed by atoms with Crippen molar-refractivity contribution < 1.29 is 9.13 Å². The molecule has 1 heterocycles. The van der Waals surface area contributed by atoms with Gasteiger partial charge in [-0.1, -0.05) is 12.1 Å². The first-order valence-electron chi connectivity index (χ1n) is 6.01. The van der Waals surface area contributed by atoms with Gasteiger partial charge in [-0.3, -0.25) is 4.90 Å². The summed E-state index contributed by atoms with van der Waals surface area (Å²) in [5, 5.41) is 3.30. The molecule has 0 unspecified atom stereocenters. The zero-order valence-electron chi connectivity index (χ0n) is 10.8. The maximum absolute atomic E-state index is 14.1. The normalized spacial score (nSPS) is 17.9. The van der Waals surface area contributed by atoms with E-state index in [4.69, 9.17) is 4.74 Å². The summed E-state index contributed by atoms with van der Waals surface area (Å²) in [7, 11) is 1.50. The molecule has 1 N–H and O–H groups in total. The van der Waals surface area contributed by atoms with Crippen LogP contribution in [0.4, 0.5) is 4.39 Å². The van der Waals surface area contributed by atoms with E-state index in [1.54, 1.807) is 6.07 Å². The minimum Gasteiger partial charge on any atom is -0.494 e. The van der Waals surface area contributed by atoms with Gasteiger partial charge in [0.05, 0.1) is 7.11 Å². The van der Waals surface area contributed by atoms with Gasteiger partial charge in [0.15, 0.2) is 11.6 Å². The van der Waals surface area contributed by atoms with E-state index in [0.717, 1.165) is 26.2 Å². The van der Waals surface area contributed by atoms with E-state index < -0.39 is 0 Å². The molecular formula is C13H20ClFN2O. The lowest BCUT2D eigenvalue weighted by molar-refractivity contribution is 0.181. The van der Waals surface area contributed by atoms with Crippen molar-refractivity contribution in [3.05, 3.63) is 29.6 Å². The van der Waals surface area contributed by atoms with Crippen molar-refractivity contribution in [2.75, 3.05) is 33.3 Å². The summed E-state index contributed by atoms with van der Waals surface area (Å²) >= 11 is 0. The van der Waals surface area contributed by atoms with Gasteiger partial charge in [-0.2, -0.15) is 0 Å². The van der Waals surface area contributed by atoms with Crippen LogP contribution in [0.5, 0.6) is 5.75 Å². The third-order valence-electron chi connectivity index (χ3n) is 3.36. The molecule has 102 valence electrons. The van der Waals surface area contributed by atoms with Crippen LogP contribution in [0.3, 0.4) is 0 Å². The Labute approximate surface area is 114 Å². The number of benzene rings is 1. The molecule has 0 saturated carbocycles. The van der Waals surface area contributed by atoms with Gasteiger partial charge < -0.3 is 10.1 Å². The SMILES string of the molecule is COc1cccc([C@@H](C)N2CCNCC2)c1F.Cl. The van der Waals surface area contributed by atoms with Gasteiger partial charge in [0.2, 0.25) is 0 Å². The lowest BCUT2D eigenvalue weighted by Gasteiger charge is -2.33. The van der Waals surface area contributed by atoms with Crippen LogP contribution < -0.4 is 10.1 Å². The van der Waals surface area contributed by atoms with Gasteiger partial charge in [0.25, 0.3) is 0 Å². The fourth-order valence-electron chi connectivity index (χ4n) is 2.27. The first-order chi connectivity index (χ1) is 8.24. The minimum atomic E-state index is -0.235. The third-order valence-corrected chi connectivity index (χ3v) is 3.36. The number of hydrogen-bond donors (Lipinski definition) is 1. The molecule has 1 aromatic carbocycles. The molecule has 1 atom stereocenters. The predicted molar refractivity (Wildman–Crippen MR) is 73.1 cm³/mol. The van der Waals surface area contributed by atoms with Crippen LogP contribution in [0.1, 0.15) is 18.5 Å². The highest BCUT2D eigenvalue weighted by Gasteiger charge is 2.21. The van der Waals surface area contributed by atoms with Gasteiger partial charge >= 0.3 is 0 Å². The van der Waals surface area contributed by atoms with E-state index in [1.807, 2.05) is 19.1 Å². The van der Waals surface area contributed by atoms with Crippen LogP contribution in [0.15, 0.2) is 18.2 Å². The van der Waals surface area contributed by atoms with Crippen molar-refractivity contribution in [3.63, 3.8) is 0 Å². The monoisotopic (exact) mass is 274 g/mol. The summed E-state index contributed by atoms with van der Waals surface area (Å²) in [5.41, 5.74) is 0.714. The Hall–Kier alpha value is -0.840. The molecule has 1 aliphatic rings. The highest BCUT2D eigenvalue weighted by Crippen LogP contribution is 2.28. The summed E-state index contributed by atoms with van der Waals surface area (Å²) in [6.07, 6.45) is 0. The maximum atomic E-state index is 14.1. The molecule has 0 radical (unpaired) electrons. The van der Waals surface area contributed by atoms with Crippen molar-refractivity contribution in [3.8, 4) is 5.75 Å². The van der Waals surface area contributed by atoms with Gasteiger partial charge in [-0.25, -0.2) is 4.39 Å². The number of hydrogen-bond acceptors (Lipinski definition) is 3. The van der Waals surface area contributed by atoms with Crippen LogP contribution in [0, 0.1) is 5.82 Å². The van der Waals surface area contributed by atoms with Crippen LogP contribution in [0.2, 0.25) is 0 Å². The molecule has 1 aliphatic heterocycles. The molecule has 5 heteroatoms. The highest BCUT2D eigenvalue weighted by atomic mass is 35.5. The molecule has 1 aromatic rings. The fraction of sp³-hybridized carbons (Fsp3) is 0.538. The smallest absolute Gasteiger partial charge is 0.169 e. The second-order valence-electron chi connectivity index (χ2n) is 4.33. The minimum absolute atomic E-state index is 0. The summed E-state index contributed by atoms with van der Waals surface area (Å²) in [5.74, 6) is 0.0884. The Kier molecular flexibility index (Phi) is 5.85. The highest BCUT2D eigenvalue weighted by molar-refractivity contribution is 5.85. The number of halogens is 2. The Morgan fingerprint density at radius 2 is 2.00 bits per heavy atom. The maximum Gasteiger partial charge on any atom is 0.169 e. The molecule has 1 fully saturated rings. The number of rotatable bonds is 3. The second-order valence-corrected chi connectivity index (χ2v) is 4.33. The summed E-state index contributed by atoms with van der Waals surface area (Å²) in [4.78, 5) is 2.29. The van der Waals surface area contributed by atoms with Gasteiger partial charge in [0, 0.05) is 37.8 Å². The van der Waals surface area contributed by atoms with Gasteiger partial charge in [-0.05, 0) is 13.0 Å². The molecule has 18 heavy (non-hydrogen) atoms. The van der Waals surface area contributed by atoms with Crippen molar-refractivity contribution in [2.45, 2.75) is 13.0 Å². The van der Waals surface area contributed by atoms with Crippen molar-refractivity contribution in [1.29, 1.82) is 0 Å². The second kappa shape index (κ2) is 6.92. The van der Waals surface area contributed by atoms with E-state index >= 15 is 0 Å². The molecule has 0 bridgehead atoms. The first kappa shape index (κ1) is 15.2. The van der Waals surface area contributed by atoms with Crippen LogP contribution in [0.25, 0.3) is 0 Å².